The SMILES string of the molecule is CC/C(OC)=C(/C#N)C(=O)c1cccc(F)c1. The van der Waals surface area contributed by atoms with Gasteiger partial charge in [0.1, 0.15) is 23.2 Å². The molecule has 0 fully saturated rings. The van der Waals surface area contributed by atoms with Crippen LogP contribution in [0.5, 0.6) is 0 Å². The van der Waals surface area contributed by atoms with E-state index in [-0.39, 0.29) is 11.1 Å². The minimum Gasteiger partial charge on any atom is -0.500 e. The lowest BCUT2D eigenvalue weighted by Crippen LogP contribution is -2.06. The summed E-state index contributed by atoms with van der Waals surface area (Å²) in [7, 11) is 1.40. The van der Waals surface area contributed by atoms with Crippen LogP contribution in [0.1, 0.15) is 23.7 Å². The molecular formula is C13H12FNO2. The summed E-state index contributed by atoms with van der Waals surface area (Å²) in [5, 5.41) is 8.96. The first-order chi connectivity index (χ1) is 8.13. The molecule has 3 nitrogen and oxygen atoms in total. The minimum atomic E-state index is -0.522. The number of hydrogen-bond donors (Lipinski definition) is 0. The Labute approximate surface area is 99.1 Å². The van der Waals surface area contributed by atoms with E-state index >= 15 is 0 Å². The number of ether oxygens (including phenoxy) is 1. The molecule has 0 aliphatic carbocycles. The fourth-order valence-electron chi connectivity index (χ4n) is 1.44. The number of hydrogen-bond acceptors (Lipinski definition) is 3. The first kappa shape index (κ1) is 12.9. The molecule has 88 valence electrons. The average molecular weight is 233 g/mol. The monoisotopic (exact) mass is 233 g/mol. The van der Waals surface area contributed by atoms with Crippen molar-refractivity contribution in [2.75, 3.05) is 7.11 Å². The van der Waals surface area contributed by atoms with Crippen LogP contribution in [0, 0.1) is 17.1 Å². The Balaban J connectivity index is 3.20. The normalized spacial score (nSPS) is 11.4. The molecule has 1 aromatic carbocycles. The topological polar surface area (TPSA) is 50.1 Å². The third-order valence-corrected chi connectivity index (χ3v) is 2.27. The molecule has 17 heavy (non-hydrogen) atoms. The van der Waals surface area contributed by atoms with Gasteiger partial charge in [0.05, 0.1) is 7.11 Å². The molecule has 0 N–H and O–H groups in total. The Hall–Kier alpha value is -2.15. The van der Waals surface area contributed by atoms with Gasteiger partial charge in [-0.15, -0.1) is 0 Å². The van der Waals surface area contributed by atoms with Crippen molar-refractivity contribution >= 4 is 5.78 Å². The second kappa shape index (κ2) is 5.80. The standard InChI is InChI=1S/C13H12FNO2/c1-3-12(17-2)11(8-15)13(16)9-5-4-6-10(14)7-9/h4-7H,3H2,1-2H3/b12-11+. The van der Waals surface area contributed by atoms with Crippen molar-refractivity contribution in [1.29, 1.82) is 5.26 Å². The number of ketones is 1. The van der Waals surface area contributed by atoms with Gasteiger partial charge < -0.3 is 4.74 Å². The third-order valence-electron chi connectivity index (χ3n) is 2.27. The van der Waals surface area contributed by atoms with Gasteiger partial charge in [0.2, 0.25) is 5.78 Å². The Kier molecular flexibility index (Phi) is 4.41. The van der Waals surface area contributed by atoms with Gasteiger partial charge in [-0.1, -0.05) is 19.1 Å². The summed E-state index contributed by atoms with van der Waals surface area (Å²) >= 11 is 0. The molecule has 0 radical (unpaired) electrons. The van der Waals surface area contributed by atoms with E-state index in [2.05, 4.69) is 0 Å². The highest BCUT2D eigenvalue weighted by Crippen LogP contribution is 2.15. The molecule has 0 heterocycles. The summed E-state index contributed by atoms with van der Waals surface area (Å²) in [5.41, 5.74) is 0.0603. The summed E-state index contributed by atoms with van der Waals surface area (Å²) in [6.45, 7) is 1.77. The van der Waals surface area contributed by atoms with Gasteiger partial charge in [-0.05, 0) is 12.1 Å². The maximum absolute atomic E-state index is 13.0. The molecule has 0 aliphatic heterocycles. The first-order valence-corrected chi connectivity index (χ1v) is 5.11. The van der Waals surface area contributed by atoms with Crippen LogP contribution in [0.15, 0.2) is 35.6 Å². The van der Waals surface area contributed by atoms with Crippen molar-refractivity contribution in [2.24, 2.45) is 0 Å². The van der Waals surface area contributed by atoms with Crippen molar-refractivity contribution in [2.45, 2.75) is 13.3 Å². The molecule has 0 unspecified atom stereocenters. The van der Waals surface area contributed by atoms with Gasteiger partial charge in [-0.2, -0.15) is 5.26 Å². The Morgan fingerprint density at radius 1 is 1.53 bits per heavy atom. The molecule has 0 saturated heterocycles. The lowest BCUT2D eigenvalue weighted by atomic mass is 10.0. The Morgan fingerprint density at radius 3 is 2.71 bits per heavy atom. The highest BCUT2D eigenvalue weighted by Gasteiger charge is 2.17. The zero-order valence-electron chi connectivity index (χ0n) is 9.66. The smallest absolute Gasteiger partial charge is 0.207 e. The number of benzene rings is 1. The lowest BCUT2D eigenvalue weighted by Gasteiger charge is -2.06. The van der Waals surface area contributed by atoms with Gasteiger partial charge in [-0.25, -0.2) is 4.39 Å². The third kappa shape index (κ3) is 2.91. The summed E-state index contributed by atoms with van der Waals surface area (Å²) in [5.74, 6) is -0.726. The largest absolute Gasteiger partial charge is 0.500 e. The lowest BCUT2D eigenvalue weighted by molar-refractivity contribution is 0.103. The van der Waals surface area contributed by atoms with E-state index in [9.17, 15) is 9.18 Å². The van der Waals surface area contributed by atoms with E-state index in [1.807, 2.05) is 0 Å². The number of halogens is 1. The number of Topliss-reactive ketones (excluding diaryl/α,β-unsaturated/α-hetero) is 1. The van der Waals surface area contributed by atoms with Crippen molar-refractivity contribution < 1.29 is 13.9 Å². The maximum Gasteiger partial charge on any atom is 0.207 e. The van der Waals surface area contributed by atoms with E-state index in [4.69, 9.17) is 10.00 Å². The molecule has 0 atom stereocenters. The van der Waals surface area contributed by atoms with Gasteiger partial charge in [-0.3, -0.25) is 4.79 Å². The minimum absolute atomic E-state index is 0.0828. The van der Waals surface area contributed by atoms with Crippen LogP contribution in [-0.2, 0) is 4.74 Å². The van der Waals surface area contributed by atoms with E-state index in [0.29, 0.717) is 12.2 Å². The maximum atomic E-state index is 13.0. The Morgan fingerprint density at radius 2 is 2.24 bits per heavy atom. The van der Waals surface area contributed by atoms with Gasteiger partial charge in [0.25, 0.3) is 0 Å². The predicted molar refractivity (Wildman–Crippen MR) is 60.7 cm³/mol. The fourth-order valence-corrected chi connectivity index (χ4v) is 1.44. The zero-order valence-corrected chi connectivity index (χ0v) is 9.66. The second-order valence-electron chi connectivity index (χ2n) is 3.31. The number of carbonyl (C=O) groups is 1. The number of allylic oxidation sites excluding steroid dienone is 2. The number of rotatable bonds is 4. The molecule has 0 bridgehead atoms. The molecule has 0 aromatic heterocycles. The molecule has 0 aliphatic rings. The van der Waals surface area contributed by atoms with Crippen molar-refractivity contribution in [1.82, 2.24) is 0 Å². The molecule has 0 spiro atoms. The van der Waals surface area contributed by atoms with Gasteiger partial charge in [0, 0.05) is 12.0 Å². The van der Waals surface area contributed by atoms with Crippen molar-refractivity contribution in [3.63, 3.8) is 0 Å². The van der Waals surface area contributed by atoms with Crippen LogP contribution in [0.25, 0.3) is 0 Å². The van der Waals surface area contributed by atoms with Crippen molar-refractivity contribution in [3.05, 3.63) is 47.0 Å². The molecule has 1 rings (SSSR count). The van der Waals surface area contributed by atoms with E-state index in [1.165, 1.54) is 25.3 Å². The van der Waals surface area contributed by atoms with Gasteiger partial charge >= 0.3 is 0 Å². The van der Waals surface area contributed by atoms with E-state index in [0.717, 1.165) is 6.07 Å². The molecule has 0 amide bonds. The predicted octanol–water partition coefficient (Wildman–Crippen LogP) is 2.84. The number of carbonyl (C=O) groups excluding carboxylic acids is 1. The summed E-state index contributed by atoms with van der Waals surface area (Å²) in [6.07, 6.45) is 0.431. The van der Waals surface area contributed by atoms with Crippen molar-refractivity contribution in [3.8, 4) is 6.07 Å². The first-order valence-electron chi connectivity index (χ1n) is 5.11. The number of nitrogens with zero attached hydrogens (tertiary/aromatic N) is 1. The van der Waals surface area contributed by atoms with E-state index in [1.54, 1.807) is 13.0 Å². The van der Waals surface area contributed by atoms with Crippen LogP contribution in [0.4, 0.5) is 4.39 Å². The van der Waals surface area contributed by atoms with E-state index < -0.39 is 11.6 Å². The quantitative estimate of drug-likeness (QED) is 0.348. The van der Waals surface area contributed by atoms with Crippen LogP contribution in [0.2, 0.25) is 0 Å². The van der Waals surface area contributed by atoms with Crippen LogP contribution in [-0.4, -0.2) is 12.9 Å². The molecule has 0 saturated carbocycles. The summed E-state index contributed by atoms with van der Waals surface area (Å²) < 4.78 is 17.9. The number of nitriles is 1. The molecule has 4 heteroatoms. The van der Waals surface area contributed by atoms with Crippen LogP contribution >= 0.6 is 0 Å². The zero-order chi connectivity index (χ0) is 12.8. The highest BCUT2D eigenvalue weighted by atomic mass is 19.1. The number of methoxy groups -OCH3 is 1. The average Bonchev–Trinajstić information content (AvgIpc) is 2.35. The fraction of sp³-hybridized carbons (Fsp3) is 0.231. The molecule has 1 aromatic rings. The summed E-state index contributed by atoms with van der Waals surface area (Å²) in [4.78, 5) is 12.0. The highest BCUT2D eigenvalue weighted by molar-refractivity contribution is 6.11. The van der Waals surface area contributed by atoms with Gasteiger partial charge in [0.15, 0.2) is 0 Å². The Bertz CT molecular complexity index is 494. The second-order valence-corrected chi connectivity index (χ2v) is 3.31. The van der Waals surface area contributed by atoms with Crippen LogP contribution in [0.3, 0.4) is 0 Å². The van der Waals surface area contributed by atoms with Crippen LogP contribution < -0.4 is 0 Å². The summed E-state index contributed by atoms with van der Waals surface area (Å²) in [6, 6.07) is 7.03. The molecular weight excluding hydrogens is 221 g/mol.